The van der Waals surface area contributed by atoms with Gasteiger partial charge in [-0.15, -0.1) is 0 Å². The number of urea groups is 1. The molecule has 1 heterocycles. The number of amides is 2. The SMILES string of the molecule is COC(=O)C1=C(C)N(C)C(=O)N[C@@H]1c1ccccc1OCc1ccccc1. The largest absolute Gasteiger partial charge is 0.489 e. The molecule has 1 aliphatic heterocycles. The summed E-state index contributed by atoms with van der Waals surface area (Å²) in [5.74, 6) is 0.118. The molecule has 2 aromatic rings. The summed E-state index contributed by atoms with van der Waals surface area (Å²) in [6.45, 7) is 2.11. The summed E-state index contributed by atoms with van der Waals surface area (Å²) in [7, 11) is 2.94. The molecular formula is C21H22N2O4. The van der Waals surface area contributed by atoms with Crippen molar-refractivity contribution in [1.82, 2.24) is 10.2 Å². The summed E-state index contributed by atoms with van der Waals surface area (Å²) in [6, 6.07) is 16.2. The van der Waals surface area contributed by atoms with Crippen LogP contribution >= 0.6 is 0 Å². The molecule has 140 valence electrons. The number of hydrogen-bond donors (Lipinski definition) is 1. The van der Waals surface area contributed by atoms with E-state index in [1.165, 1.54) is 12.0 Å². The molecule has 0 aromatic heterocycles. The van der Waals surface area contributed by atoms with Crippen LogP contribution in [0.3, 0.4) is 0 Å². The lowest BCUT2D eigenvalue weighted by Crippen LogP contribution is -2.46. The highest BCUT2D eigenvalue weighted by atomic mass is 16.5. The fraction of sp³-hybridized carbons (Fsp3) is 0.238. The topological polar surface area (TPSA) is 67.9 Å². The van der Waals surface area contributed by atoms with E-state index in [-0.39, 0.29) is 6.03 Å². The van der Waals surface area contributed by atoms with Gasteiger partial charge in [-0.25, -0.2) is 9.59 Å². The van der Waals surface area contributed by atoms with E-state index in [0.29, 0.717) is 29.2 Å². The molecule has 0 spiro atoms. The number of benzene rings is 2. The van der Waals surface area contributed by atoms with Gasteiger partial charge in [-0.05, 0) is 18.6 Å². The Morgan fingerprint density at radius 2 is 1.78 bits per heavy atom. The smallest absolute Gasteiger partial charge is 0.337 e. The zero-order chi connectivity index (χ0) is 19.4. The molecule has 6 nitrogen and oxygen atoms in total. The molecule has 0 radical (unpaired) electrons. The van der Waals surface area contributed by atoms with Crippen LogP contribution in [-0.4, -0.2) is 31.1 Å². The zero-order valence-corrected chi connectivity index (χ0v) is 15.6. The third-order valence-corrected chi connectivity index (χ3v) is 4.63. The third kappa shape index (κ3) is 3.79. The minimum absolute atomic E-state index is 0.289. The Labute approximate surface area is 158 Å². The van der Waals surface area contributed by atoms with Gasteiger partial charge in [-0.3, -0.25) is 0 Å². The number of esters is 1. The van der Waals surface area contributed by atoms with Gasteiger partial charge in [0.25, 0.3) is 0 Å². The number of rotatable bonds is 5. The van der Waals surface area contributed by atoms with Gasteiger partial charge >= 0.3 is 12.0 Å². The predicted octanol–water partition coefficient (Wildman–Crippen LogP) is 3.41. The van der Waals surface area contributed by atoms with Crippen LogP contribution in [0.4, 0.5) is 4.79 Å². The van der Waals surface area contributed by atoms with Gasteiger partial charge in [-0.2, -0.15) is 0 Å². The Kier molecular flexibility index (Phi) is 5.45. The second-order valence-electron chi connectivity index (χ2n) is 6.24. The molecule has 0 saturated heterocycles. The molecule has 3 rings (SSSR count). The van der Waals surface area contributed by atoms with E-state index < -0.39 is 12.0 Å². The zero-order valence-electron chi connectivity index (χ0n) is 15.6. The van der Waals surface area contributed by atoms with Crippen molar-refractivity contribution in [2.75, 3.05) is 14.2 Å². The molecule has 2 amide bonds. The lowest BCUT2D eigenvalue weighted by Gasteiger charge is -2.33. The van der Waals surface area contributed by atoms with Crippen molar-refractivity contribution in [3.63, 3.8) is 0 Å². The van der Waals surface area contributed by atoms with E-state index in [1.54, 1.807) is 14.0 Å². The number of methoxy groups -OCH3 is 1. The number of carbonyl (C=O) groups excluding carboxylic acids is 2. The summed E-state index contributed by atoms with van der Waals surface area (Å²) in [5.41, 5.74) is 2.66. The van der Waals surface area contributed by atoms with E-state index in [2.05, 4.69) is 5.32 Å². The van der Waals surface area contributed by atoms with Crippen molar-refractivity contribution in [1.29, 1.82) is 0 Å². The first-order chi connectivity index (χ1) is 13.0. The maximum absolute atomic E-state index is 12.4. The van der Waals surface area contributed by atoms with Gasteiger partial charge in [-0.1, -0.05) is 48.5 Å². The molecule has 1 aliphatic rings. The Balaban J connectivity index is 1.97. The summed E-state index contributed by atoms with van der Waals surface area (Å²) >= 11 is 0. The van der Waals surface area contributed by atoms with Crippen LogP contribution in [0.1, 0.15) is 24.1 Å². The molecule has 1 atom stereocenters. The van der Waals surface area contributed by atoms with Crippen LogP contribution in [-0.2, 0) is 16.1 Å². The average Bonchev–Trinajstić information content (AvgIpc) is 2.70. The fourth-order valence-corrected chi connectivity index (χ4v) is 3.03. The van der Waals surface area contributed by atoms with Crippen molar-refractivity contribution in [3.05, 3.63) is 77.0 Å². The highest BCUT2D eigenvalue weighted by Gasteiger charge is 2.36. The second kappa shape index (κ2) is 7.95. The minimum Gasteiger partial charge on any atom is -0.489 e. The summed E-state index contributed by atoms with van der Waals surface area (Å²) < 4.78 is 10.9. The van der Waals surface area contributed by atoms with Gasteiger partial charge in [0.1, 0.15) is 12.4 Å². The Morgan fingerprint density at radius 3 is 2.48 bits per heavy atom. The van der Waals surface area contributed by atoms with E-state index >= 15 is 0 Å². The molecule has 27 heavy (non-hydrogen) atoms. The summed E-state index contributed by atoms with van der Waals surface area (Å²) in [4.78, 5) is 26.1. The quantitative estimate of drug-likeness (QED) is 0.824. The number of carbonyl (C=O) groups is 2. The van der Waals surface area contributed by atoms with Crippen LogP contribution in [0.5, 0.6) is 5.75 Å². The van der Waals surface area contributed by atoms with E-state index in [9.17, 15) is 9.59 Å². The Hall–Kier alpha value is -3.28. The Bertz CT molecular complexity index is 877. The van der Waals surface area contributed by atoms with Crippen LogP contribution in [0.2, 0.25) is 0 Å². The molecule has 0 bridgehead atoms. The molecule has 0 fully saturated rings. The second-order valence-corrected chi connectivity index (χ2v) is 6.24. The number of nitrogens with one attached hydrogen (secondary N) is 1. The monoisotopic (exact) mass is 366 g/mol. The number of allylic oxidation sites excluding steroid dienone is 1. The molecule has 0 aliphatic carbocycles. The maximum atomic E-state index is 12.4. The van der Waals surface area contributed by atoms with Crippen LogP contribution in [0.25, 0.3) is 0 Å². The summed E-state index contributed by atoms with van der Waals surface area (Å²) in [6.07, 6.45) is 0. The first-order valence-electron chi connectivity index (χ1n) is 8.62. The molecule has 6 heteroatoms. The van der Waals surface area contributed by atoms with E-state index in [1.807, 2.05) is 54.6 Å². The highest BCUT2D eigenvalue weighted by molar-refractivity contribution is 5.95. The first kappa shape index (κ1) is 18.5. The highest BCUT2D eigenvalue weighted by Crippen LogP contribution is 2.35. The Morgan fingerprint density at radius 1 is 1.11 bits per heavy atom. The van der Waals surface area contributed by atoms with E-state index in [4.69, 9.17) is 9.47 Å². The van der Waals surface area contributed by atoms with Crippen molar-refractivity contribution < 1.29 is 19.1 Å². The van der Waals surface area contributed by atoms with Crippen molar-refractivity contribution >= 4 is 12.0 Å². The van der Waals surface area contributed by atoms with Gasteiger partial charge in [0.15, 0.2) is 0 Å². The molecule has 0 unspecified atom stereocenters. The molecule has 0 saturated carbocycles. The standard InChI is InChI=1S/C21H22N2O4/c1-14-18(20(24)26-3)19(22-21(25)23(14)2)16-11-7-8-12-17(16)27-13-15-9-5-4-6-10-15/h4-12,19H,13H2,1-3H3,(H,22,25)/t19-/m1/s1. The third-order valence-electron chi connectivity index (χ3n) is 4.63. The number of nitrogens with zero attached hydrogens (tertiary/aromatic N) is 1. The van der Waals surface area contributed by atoms with Crippen molar-refractivity contribution in [3.8, 4) is 5.75 Å². The molecular weight excluding hydrogens is 344 g/mol. The van der Waals surface area contributed by atoms with Gasteiger partial charge in [0.2, 0.25) is 0 Å². The van der Waals surface area contributed by atoms with Gasteiger partial charge in [0, 0.05) is 18.3 Å². The van der Waals surface area contributed by atoms with Gasteiger partial charge < -0.3 is 19.7 Å². The number of ether oxygens (including phenoxy) is 2. The molecule has 2 aromatic carbocycles. The molecule has 1 N–H and O–H groups in total. The van der Waals surface area contributed by atoms with Crippen molar-refractivity contribution in [2.45, 2.75) is 19.6 Å². The lowest BCUT2D eigenvalue weighted by atomic mass is 9.94. The fourth-order valence-electron chi connectivity index (χ4n) is 3.03. The lowest BCUT2D eigenvalue weighted by molar-refractivity contribution is -0.136. The maximum Gasteiger partial charge on any atom is 0.337 e. The van der Waals surface area contributed by atoms with Crippen LogP contribution < -0.4 is 10.1 Å². The normalized spacial score (nSPS) is 16.8. The van der Waals surface area contributed by atoms with Crippen molar-refractivity contribution in [2.24, 2.45) is 0 Å². The average molecular weight is 366 g/mol. The van der Waals surface area contributed by atoms with Crippen LogP contribution in [0.15, 0.2) is 65.9 Å². The minimum atomic E-state index is -0.645. The van der Waals surface area contributed by atoms with E-state index in [0.717, 1.165) is 5.56 Å². The van der Waals surface area contributed by atoms with Crippen LogP contribution in [0, 0.1) is 0 Å². The summed E-state index contributed by atoms with van der Waals surface area (Å²) in [5, 5.41) is 2.87. The first-order valence-corrected chi connectivity index (χ1v) is 8.62. The predicted molar refractivity (Wildman–Crippen MR) is 101 cm³/mol. The van der Waals surface area contributed by atoms with Gasteiger partial charge in [0.05, 0.1) is 18.7 Å². The number of para-hydroxylation sites is 1. The number of hydrogen-bond acceptors (Lipinski definition) is 4.